The van der Waals surface area contributed by atoms with Gasteiger partial charge in [-0.25, -0.2) is 9.37 Å². The van der Waals surface area contributed by atoms with E-state index in [0.29, 0.717) is 33.9 Å². The summed E-state index contributed by atoms with van der Waals surface area (Å²) in [6.07, 6.45) is -0.252. The van der Waals surface area contributed by atoms with Crippen LogP contribution in [0.2, 0.25) is 0 Å². The minimum Gasteiger partial charge on any atom is -0.513 e. The summed E-state index contributed by atoms with van der Waals surface area (Å²) in [5, 5.41) is 11.3. The number of phenolic OH excluding ortho intramolecular Hbond substituents is 1. The van der Waals surface area contributed by atoms with Crippen molar-refractivity contribution in [1.82, 2.24) is 4.98 Å². The predicted octanol–water partition coefficient (Wildman–Crippen LogP) is 8.82. The Labute approximate surface area is 277 Å². The van der Waals surface area contributed by atoms with E-state index in [1.807, 2.05) is 25.1 Å². The zero-order chi connectivity index (χ0) is 31.0. The number of ether oxygens (including phenoxy) is 2. The summed E-state index contributed by atoms with van der Waals surface area (Å²) in [6, 6.07) is 29.3. The monoisotopic (exact) mass is 780 g/mol. The fraction of sp³-hybridized carbons (Fsp3) is 0.263. The molecule has 0 radical (unpaired) electrons. The Balaban J connectivity index is 0.00000357. The average Bonchev–Trinajstić information content (AvgIpc) is 3.37. The Bertz CT molecular complexity index is 2000. The van der Waals surface area contributed by atoms with Crippen molar-refractivity contribution in [3.8, 4) is 28.5 Å². The third kappa shape index (κ3) is 4.86. The molecule has 5 aromatic rings. The van der Waals surface area contributed by atoms with Gasteiger partial charge >= 0.3 is 0 Å². The summed E-state index contributed by atoms with van der Waals surface area (Å²) >= 11 is 0. The van der Waals surface area contributed by atoms with Gasteiger partial charge in [0.1, 0.15) is 29.1 Å². The first-order valence-electron chi connectivity index (χ1n) is 14.9. The van der Waals surface area contributed by atoms with Gasteiger partial charge in [-0.15, -0.1) is 6.07 Å². The molecule has 2 aliphatic rings. The summed E-state index contributed by atoms with van der Waals surface area (Å²) in [6.45, 7) is 12.9. The fourth-order valence-corrected chi connectivity index (χ4v) is 7.05. The van der Waals surface area contributed by atoms with Crippen LogP contribution < -0.4 is 4.74 Å². The van der Waals surface area contributed by atoms with Crippen LogP contribution in [0.4, 0.5) is 4.39 Å². The van der Waals surface area contributed by atoms with E-state index in [1.54, 1.807) is 36.4 Å². The van der Waals surface area contributed by atoms with Gasteiger partial charge in [-0.05, 0) is 60.4 Å². The Morgan fingerprint density at radius 2 is 1.60 bits per heavy atom. The van der Waals surface area contributed by atoms with E-state index in [4.69, 9.17) is 14.5 Å². The first-order chi connectivity index (χ1) is 20.9. The smallest absolute Gasteiger partial charge is 0.217 e. The molecule has 1 N–H and O–H groups in total. The molecule has 1 aliphatic carbocycles. The molecule has 7 rings (SSSR count). The van der Waals surface area contributed by atoms with Crippen molar-refractivity contribution in [2.75, 3.05) is 0 Å². The summed E-state index contributed by atoms with van der Waals surface area (Å²) in [7, 11) is 0. The van der Waals surface area contributed by atoms with Crippen LogP contribution in [0.3, 0.4) is 0 Å². The molecule has 1 aliphatic heterocycles. The number of pyridine rings is 1. The zero-order valence-corrected chi connectivity index (χ0v) is 28.3. The minimum atomic E-state index is -0.585. The normalized spacial score (nSPS) is 20.8. The maximum atomic E-state index is 15.1. The van der Waals surface area contributed by atoms with E-state index in [0.717, 1.165) is 10.9 Å². The summed E-state index contributed by atoms with van der Waals surface area (Å²) in [5.74, 6) is 0.761. The number of hydrogen-bond acceptors (Lipinski definition) is 5. The molecule has 0 spiro atoms. The van der Waals surface area contributed by atoms with Crippen LogP contribution >= 0.6 is 0 Å². The number of aromatic nitrogens is 1. The Hall–Kier alpha value is -4.02. The zero-order valence-electron chi connectivity index (χ0n) is 26.0. The number of hydrogen-bond donors (Lipinski definition) is 1. The molecule has 2 atom stereocenters. The molecule has 1 aromatic heterocycles. The molecule has 0 bridgehead atoms. The average molecular weight is 781 g/mol. The van der Waals surface area contributed by atoms with Gasteiger partial charge in [0, 0.05) is 49.1 Å². The van der Waals surface area contributed by atoms with Crippen molar-refractivity contribution in [2.45, 2.75) is 64.0 Å². The van der Waals surface area contributed by atoms with Gasteiger partial charge in [-0.1, -0.05) is 93.4 Å². The molecule has 232 valence electrons. The van der Waals surface area contributed by atoms with Gasteiger partial charge in [-0.2, -0.15) is 0 Å². The van der Waals surface area contributed by atoms with Crippen molar-refractivity contribution in [3.63, 3.8) is 0 Å². The number of halogens is 1. The van der Waals surface area contributed by atoms with Gasteiger partial charge in [0.25, 0.3) is 0 Å². The van der Waals surface area contributed by atoms with Crippen molar-refractivity contribution in [2.24, 2.45) is 4.99 Å². The SMILES string of the molecule is Cc1cc(O)c2nc(Oc3[c-]c(C4=N[C@]5(C)[C@H](O4)C(C)(C)c4ccccc4C5(C)C)cc(-c4ccccc4F)c3)ccc2c1.[Pt]. The van der Waals surface area contributed by atoms with Crippen LogP contribution in [0, 0.1) is 18.8 Å². The van der Waals surface area contributed by atoms with E-state index in [2.05, 4.69) is 69.9 Å². The second-order valence-electron chi connectivity index (χ2n) is 13.2. The minimum absolute atomic E-state index is 0. The van der Waals surface area contributed by atoms with Gasteiger partial charge in [-0.3, -0.25) is 4.99 Å². The molecule has 4 aromatic carbocycles. The molecular formula is C38H34FN2O3Pt-. The number of phenols is 1. The van der Waals surface area contributed by atoms with Crippen molar-refractivity contribution < 1.29 is 40.0 Å². The second-order valence-corrected chi connectivity index (χ2v) is 13.2. The van der Waals surface area contributed by atoms with Gasteiger partial charge < -0.3 is 14.6 Å². The first kappa shape index (κ1) is 31.0. The van der Waals surface area contributed by atoms with Crippen molar-refractivity contribution in [3.05, 3.63) is 119 Å². The maximum absolute atomic E-state index is 15.1. The number of aliphatic imine (C=N–C) groups is 1. The van der Waals surface area contributed by atoms with E-state index in [1.165, 1.54) is 17.2 Å². The van der Waals surface area contributed by atoms with E-state index < -0.39 is 5.54 Å². The van der Waals surface area contributed by atoms with E-state index in [9.17, 15) is 5.11 Å². The van der Waals surface area contributed by atoms with Crippen LogP contribution in [0.15, 0.2) is 89.9 Å². The molecule has 0 saturated carbocycles. The summed E-state index contributed by atoms with van der Waals surface area (Å²) < 4.78 is 28.1. The van der Waals surface area contributed by atoms with E-state index in [-0.39, 0.29) is 55.4 Å². The second kappa shape index (κ2) is 10.8. The molecule has 5 nitrogen and oxygen atoms in total. The molecule has 0 unspecified atom stereocenters. The van der Waals surface area contributed by atoms with Gasteiger partial charge in [0.15, 0.2) is 0 Å². The predicted molar refractivity (Wildman–Crippen MR) is 171 cm³/mol. The number of fused-ring (bicyclic) bond motifs is 3. The summed E-state index contributed by atoms with van der Waals surface area (Å²) in [4.78, 5) is 9.85. The number of benzene rings is 4. The fourth-order valence-electron chi connectivity index (χ4n) is 7.05. The van der Waals surface area contributed by atoms with Gasteiger partial charge in [0.2, 0.25) is 5.88 Å². The van der Waals surface area contributed by atoms with Crippen molar-refractivity contribution >= 4 is 16.8 Å². The number of nitrogens with zero attached hydrogens (tertiary/aromatic N) is 2. The molecular weight excluding hydrogens is 747 g/mol. The van der Waals surface area contributed by atoms with Crippen LogP contribution in [0.1, 0.15) is 56.9 Å². The quantitative estimate of drug-likeness (QED) is 0.185. The molecule has 7 heteroatoms. The number of aromatic hydroxyl groups is 1. The van der Waals surface area contributed by atoms with Crippen LogP contribution in [0.25, 0.3) is 22.0 Å². The molecule has 0 saturated heterocycles. The third-order valence-corrected chi connectivity index (χ3v) is 9.65. The third-order valence-electron chi connectivity index (χ3n) is 9.65. The Kier molecular flexibility index (Phi) is 7.44. The number of rotatable bonds is 4. The maximum Gasteiger partial charge on any atom is 0.217 e. The van der Waals surface area contributed by atoms with Crippen LogP contribution in [0.5, 0.6) is 17.4 Å². The number of aryl methyl sites for hydroxylation is 1. The first-order valence-corrected chi connectivity index (χ1v) is 14.9. The molecule has 0 fully saturated rings. The van der Waals surface area contributed by atoms with Crippen molar-refractivity contribution in [1.29, 1.82) is 0 Å². The molecule has 2 heterocycles. The van der Waals surface area contributed by atoms with Crippen LogP contribution in [-0.4, -0.2) is 27.6 Å². The van der Waals surface area contributed by atoms with E-state index >= 15 is 4.39 Å². The molecule has 0 amide bonds. The topological polar surface area (TPSA) is 63.9 Å². The van der Waals surface area contributed by atoms with Crippen LogP contribution in [-0.2, 0) is 36.6 Å². The molecule has 45 heavy (non-hydrogen) atoms. The Morgan fingerprint density at radius 3 is 2.36 bits per heavy atom. The van der Waals surface area contributed by atoms with Gasteiger partial charge in [0.05, 0.1) is 5.54 Å². The largest absolute Gasteiger partial charge is 0.513 e. The standard InChI is InChI=1S/C38H34FN2O3.Pt/c1-22-17-23-15-16-32(40-33(23)31(42)18-22)43-26-20-24(27-11-7-10-14-30(27)39)19-25(21-26)34-41-38(6)35(44-34)36(2,3)28-12-8-9-13-29(28)37(38,4)5;/h7-20,35,42H,1-6H3;/q-1;/t35-,38-;/m1./s1. The summed E-state index contributed by atoms with van der Waals surface area (Å²) in [5.41, 5.74) is 4.20. The Morgan fingerprint density at radius 1 is 0.889 bits per heavy atom.